The maximum atomic E-state index is 8.85. The van der Waals surface area contributed by atoms with Gasteiger partial charge in [-0.05, 0) is 31.7 Å². The molecule has 0 aliphatic carbocycles. The zero-order chi connectivity index (χ0) is 10.8. The molecule has 2 atom stereocenters. The molecule has 0 aliphatic heterocycles. The summed E-state index contributed by atoms with van der Waals surface area (Å²) in [5.41, 5.74) is 0. The van der Waals surface area contributed by atoms with E-state index in [1.807, 2.05) is 6.92 Å². The van der Waals surface area contributed by atoms with Crippen LogP contribution in [0.15, 0.2) is 0 Å². The second kappa shape index (κ2) is 8.98. The van der Waals surface area contributed by atoms with Gasteiger partial charge in [-0.25, -0.2) is 0 Å². The summed E-state index contributed by atoms with van der Waals surface area (Å²) in [5, 5.41) is 20.8. The first kappa shape index (κ1) is 13.4. The quantitative estimate of drug-likeness (QED) is 0.624. The Balaban J connectivity index is 3.74. The molecule has 3 heteroatoms. The normalized spacial score (nSPS) is 14.7. The van der Waals surface area contributed by atoms with Crippen LogP contribution in [0.5, 0.6) is 0 Å². The molecule has 3 nitrogen and oxygen atoms in total. The van der Waals surface area contributed by atoms with Crippen LogP contribution in [0.1, 0.15) is 39.5 Å². The van der Waals surface area contributed by atoms with Crippen molar-refractivity contribution in [1.82, 2.24) is 5.32 Å². The van der Waals surface area contributed by atoms with Gasteiger partial charge in [0.25, 0.3) is 0 Å². The van der Waals surface area contributed by atoms with Crippen LogP contribution < -0.4 is 5.32 Å². The molecule has 82 valence electrons. The lowest BCUT2D eigenvalue weighted by Gasteiger charge is -2.17. The predicted molar refractivity (Wildman–Crippen MR) is 57.8 cm³/mol. The molecule has 0 aromatic carbocycles. The highest BCUT2D eigenvalue weighted by atomic mass is 16.3. The third kappa shape index (κ3) is 5.95. The highest BCUT2D eigenvalue weighted by molar-refractivity contribution is 4.88. The molecule has 0 aromatic rings. The third-order valence-corrected chi connectivity index (χ3v) is 2.45. The van der Waals surface area contributed by atoms with Gasteiger partial charge in [-0.15, -0.1) is 0 Å². The van der Waals surface area contributed by atoms with E-state index < -0.39 is 0 Å². The number of nitrogens with one attached hydrogen (secondary N) is 1. The largest absolute Gasteiger partial charge is 0.396 e. The molecule has 0 heterocycles. The molecule has 0 fully saturated rings. The van der Waals surface area contributed by atoms with Crippen molar-refractivity contribution in [2.24, 2.45) is 5.92 Å². The van der Waals surface area contributed by atoms with E-state index in [9.17, 15) is 0 Å². The maximum absolute atomic E-state index is 8.85. The number of hydrogen-bond acceptors (Lipinski definition) is 3. The topological polar surface area (TPSA) is 56.0 Å². The molecule has 2 unspecified atom stereocenters. The minimum atomic E-state index is -0.0342. The highest BCUT2D eigenvalue weighted by Gasteiger charge is 2.09. The fourth-order valence-corrected chi connectivity index (χ4v) is 1.53. The Morgan fingerprint density at radius 3 is 2.50 bits per heavy atom. The average molecular weight is 198 g/mol. The summed E-state index contributed by atoms with van der Waals surface area (Å²) in [7, 11) is 0. The van der Waals surface area contributed by atoms with Crippen molar-refractivity contribution in [3.8, 4) is 6.07 Å². The van der Waals surface area contributed by atoms with Gasteiger partial charge >= 0.3 is 0 Å². The van der Waals surface area contributed by atoms with Crippen LogP contribution in [0.25, 0.3) is 0 Å². The summed E-state index contributed by atoms with van der Waals surface area (Å²) >= 11 is 0. The molecule has 0 rings (SSSR count). The molecule has 0 saturated carbocycles. The van der Waals surface area contributed by atoms with Gasteiger partial charge in [-0.1, -0.05) is 20.3 Å². The Morgan fingerprint density at radius 1 is 1.36 bits per heavy atom. The first-order chi connectivity index (χ1) is 6.78. The van der Waals surface area contributed by atoms with Crippen molar-refractivity contribution < 1.29 is 5.11 Å². The van der Waals surface area contributed by atoms with Crippen LogP contribution in [0.3, 0.4) is 0 Å². The molecule has 2 N–H and O–H groups in total. The van der Waals surface area contributed by atoms with Crippen molar-refractivity contribution in [2.75, 3.05) is 13.2 Å². The number of rotatable bonds is 8. The van der Waals surface area contributed by atoms with Crippen LogP contribution in [0.4, 0.5) is 0 Å². The monoisotopic (exact) mass is 198 g/mol. The molecule has 0 aliphatic rings. The van der Waals surface area contributed by atoms with E-state index in [2.05, 4.69) is 18.3 Å². The Hall–Kier alpha value is -0.590. The fraction of sp³-hybridized carbons (Fsp3) is 0.909. The molecule has 0 spiro atoms. The first-order valence-electron chi connectivity index (χ1n) is 5.52. The van der Waals surface area contributed by atoms with Gasteiger partial charge in [-0.3, -0.25) is 0 Å². The SMILES string of the molecule is CCCC(CCO)CNC(C#N)CC. The third-order valence-electron chi connectivity index (χ3n) is 2.45. The number of aliphatic hydroxyl groups excluding tert-OH is 1. The van der Waals surface area contributed by atoms with E-state index in [1.165, 1.54) is 0 Å². The summed E-state index contributed by atoms with van der Waals surface area (Å²) in [5.74, 6) is 0.507. The van der Waals surface area contributed by atoms with Crippen molar-refractivity contribution in [2.45, 2.75) is 45.6 Å². The molecule has 0 bridgehead atoms. The van der Waals surface area contributed by atoms with Gasteiger partial charge < -0.3 is 10.4 Å². The van der Waals surface area contributed by atoms with Gasteiger partial charge in [0.15, 0.2) is 0 Å². The van der Waals surface area contributed by atoms with E-state index >= 15 is 0 Å². The van der Waals surface area contributed by atoms with Gasteiger partial charge in [0.2, 0.25) is 0 Å². The molecule has 14 heavy (non-hydrogen) atoms. The molecular formula is C11H22N2O. The summed E-state index contributed by atoms with van der Waals surface area (Å²) in [4.78, 5) is 0. The van der Waals surface area contributed by atoms with Gasteiger partial charge in [0.05, 0.1) is 12.1 Å². The van der Waals surface area contributed by atoms with Gasteiger partial charge in [0.1, 0.15) is 0 Å². The minimum Gasteiger partial charge on any atom is -0.396 e. The summed E-state index contributed by atoms with van der Waals surface area (Å²) < 4.78 is 0. The maximum Gasteiger partial charge on any atom is 0.0950 e. The number of nitrogens with zero attached hydrogens (tertiary/aromatic N) is 1. The van der Waals surface area contributed by atoms with Gasteiger partial charge in [-0.2, -0.15) is 5.26 Å². The van der Waals surface area contributed by atoms with E-state index in [-0.39, 0.29) is 12.6 Å². The number of aliphatic hydroxyl groups is 1. The van der Waals surface area contributed by atoms with E-state index in [1.54, 1.807) is 0 Å². The van der Waals surface area contributed by atoms with Crippen LogP contribution in [-0.2, 0) is 0 Å². The van der Waals surface area contributed by atoms with Crippen LogP contribution >= 0.6 is 0 Å². The fourth-order valence-electron chi connectivity index (χ4n) is 1.53. The summed E-state index contributed by atoms with van der Waals surface area (Å²) in [6, 6.07) is 2.18. The zero-order valence-electron chi connectivity index (χ0n) is 9.29. The Labute approximate surface area is 87.1 Å². The summed E-state index contributed by atoms with van der Waals surface area (Å²) in [6.07, 6.45) is 3.93. The first-order valence-corrected chi connectivity index (χ1v) is 5.52. The highest BCUT2D eigenvalue weighted by Crippen LogP contribution is 2.09. The van der Waals surface area contributed by atoms with E-state index in [0.29, 0.717) is 5.92 Å². The molecule has 0 saturated heterocycles. The Morgan fingerprint density at radius 2 is 2.07 bits per heavy atom. The van der Waals surface area contributed by atoms with E-state index in [0.717, 1.165) is 32.2 Å². The minimum absolute atomic E-state index is 0.0342. The van der Waals surface area contributed by atoms with Crippen LogP contribution in [-0.4, -0.2) is 24.3 Å². The van der Waals surface area contributed by atoms with Crippen molar-refractivity contribution in [3.63, 3.8) is 0 Å². The van der Waals surface area contributed by atoms with Gasteiger partial charge in [0, 0.05) is 6.61 Å². The lowest BCUT2D eigenvalue weighted by Crippen LogP contribution is -2.32. The standard InChI is InChI=1S/C11H22N2O/c1-3-5-10(6-7-14)9-13-11(4-2)8-12/h10-11,13-14H,3-7,9H2,1-2H3. The Bertz CT molecular complexity index is 159. The van der Waals surface area contributed by atoms with Crippen LogP contribution in [0.2, 0.25) is 0 Å². The van der Waals surface area contributed by atoms with E-state index in [4.69, 9.17) is 10.4 Å². The molecule has 0 radical (unpaired) electrons. The molecular weight excluding hydrogens is 176 g/mol. The second-order valence-corrected chi connectivity index (χ2v) is 3.67. The predicted octanol–water partition coefficient (Wildman–Crippen LogP) is 1.68. The van der Waals surface area contributed by atoms with Crippen molar-refractivity contribution >= 4 is 0 Å². The van der Waals surface area contributed by atoms with Crippen molar-refractivity contribution in [3.05, 3.63) is 0 Å². The zero-order valence-corrected chi connectivity index (χ0v) is 9.29. The average Bonchev–Trinajstić information content (AvgIpc) is 2.20. The lowest BCUT2D eigenvalue weighted by molar-refractivity contribution is 0.246. The smallest absolute Gasteiger partial charge is 0.0950 e. The summed E-state index contributed by atoms with van der Waals surface area (Å²) in [6.45, 7) is 5.24. The second-order valence-electron chi connectivity index (χ2n) is 3.67. The molecule has 0 aromatic heterocycles. The number of hydrogen-bond donors (Lipinski definition) is 2. The van der Waals surface area contributed by atoms with Crippen molar-refractivity contribution in [1.29, 1.82) is 5.26 Å². The lowest BCUT2D eigenvalue weighted by atomic mass is 10.00. The van der Waals surface area contributed by atoms with Crippen LogP contribution in [0, 0.1) is 17.2 Å². The molecule has 0 amide bonds. The number of nitriles is 1. The Kier molecular flexibility index (Phi) is 8.61.